The van der Waals surface area contributed by atoms with E-state index >= 15 is 0 Å². The summed E-state index contributed by atoms with van der Waals surface area (Å²) in [5.41, 5.74) is 0.632. The Hall–Kier alpha value is -0.0800. The van der Waals surface area contributed by atoms with Crippen molar-refractivity contribution in [3.05, 3.63) is 0 Å². The van der Waals surface area contributed by atoms with E-state index in [9.17, 15) is 0 Å². The van der Waals surface area contributed by atoms with Crippen molar-refractivity contribution < 1.29 is 0 Å². The third-order valence-electron chi connectivity index (χ3n) is 4.02. The van der Waals surface area contributed by atoms with Gasteiger partial charge in [0.1, 0.15) is 0 Å². The average molecular weight is 198 g/mol. The lowest BCUT2D eigenvalue weighted by Gasteiger charge is -2.55. The Labute approximate surface area is 89.3 Å². The molecule has 0 radical (unpaired) electrons. The number of hydrogen-bond donors (Lipinski definition) is 0. The third kappa shape index (κ3) is 2.12. The van der Waals surface area contributed by atoms with Crippen LogP contribution >= 0.6 is 0 Å². The molecule has 2 heteroatoms. The number of rotatable bonds is 1. The fourth-order valence-electron chi connectivity index (χ4n) is 2.68. The molecule has 1 aliphatic rings. The van der Waals surface area contributed by atoms with E-state index in [1.165, 1.54) is 12.8 Å². The van der Waals surface area contributed by atoms with Gasteiger partial charge in [0.2, 0.25) is 0 Å². The standard InChI is InChI=1S/C12H26N2/c1-11(2)8-10(13(5)6)9-12(3,4)14(11)7/h10H,8-9H2,1-7H3. The first-order valence-electron chi connectivity index (χ1n) is 5.57. The Morgan fingerprint density at radius 1 is 1.00 bits per heavy atom. The van der Waals surface area contributed by atoms with Crippen LogP contribution in [0.15, 0.2) is 0 Å². The van der Waals surface area contributed by atoms with Gasteiger partial charge in [-0.2, -0.15) is 0 Å². The van der Waals surface area contributed by atoms with E-state index in [2.05, 4.69) is 58.6 Å². The molecule has 1 fully saturated rings. The highest BCUT2D eigenvalue weighted by atomic mass is 15.3. The molecule has 0 N–H and O–H groups in total. The van der Waals surface area contributed by atoms with Crippen LogP contribution in [0.3, 0.4) is 0 Å². The Morgan fingerprint density at radius 2 is 1.36 bits per heavy atom. The van der Waals surface area contributed by atoms with Crippen LogP contribution in [0, 0.1) is 0 Å². The minimum atomic E-state index is 0.316. The lowest BCUT2D eigenvalue weighted by Crippen LogP contribution is -2.61. The second kappa shape index (κ2) is 3.49. The molecule has 0 atom stereocenters. The summed E-state index contributed by atoms with van der Waals surface area (Å²) in [5.74, 6) is 0. The summed E-state index contributed by atoms with van der Waals surface area (Å²) in [5, 5.41) is 0. The zero-order valence-corrected chi connectivity index (χ0v) is 10.9. The SMILES string of the molecule is CN(C)C1CC(C)(C)N(C)C(C)(C)C1. The summed E-state index contributed by atoms with van der Waals surface area (Å²) < 4.78 is 0. The first-order chi connectivity index (χ1) is 6.17. The monoisotopic (exact) mass is 198 g/mol. The van der Waals surface area contributed by atoms with Gasteiger partial charge in [-0.05, 0) is 61.7 Å². The van der Waals surface area contributed by atoms with E-state index in [1.54, 1.807) is 0 Å². The number of hydrogen-bond acceptors (Lipinski definition) is 2. The van der Waals surface area contributed by atoms with Crippen molar-refractivity contribution >= 4 is 0 Å². The van der Waals surface area contributed by atoms with Crippen LogP contribution in [0.5, 0.6) is 0 Å². The van der Waals surface area contributed by atoms with Gasteiger partial charge < -0.3 is 4.90 Å². The van der Waals surface area contributed by atoms with Gasteiger partial charge in [0.15, 0.2) is 0 Å². The number of likely N-dealkylation sites (tertiary alicyclic amines) is 1. The fraction of sp³-hybridized carbons (Fsp3) is 1.00. The minimum Gasteiger partial charge on any atom is -0.306 e. The molecule has 2 nitrogen and oxygen atoms in total. The molecule has 0 amide bonds. The number of piperidine rings is 1. The van der Waals surface area contributed by atoms with Crippen molar-refractivity contribution in [3.63, 3.8) is 0 Å². The molecule has 0 bridgehead atoms. The quantitative estimate of drug-likeness (QED) is 0.637. The largest absolute Gasteiger partial charge is 0.306 e. The van der Waals surface area contributed by atoms with Gasteiger partial charge in [-0.3, -0.25) is 4.90 Å². The maximum Gasteiger partial charge on any atom is 0.0170 e. The van der Waals surface area contributed by atoms with E-state index in [-0.39, 0.29) is 0 Å². The predicted octanol–water partition coefficient (Wildman–Crippen LogP) is 2.20. The first kappa shape index (κ1) is 12.0. The summed E-state index contributed by atoms with van der Waals surface area (Å²) in [6, 6.07) is 0.719. The Bertz CT molecular complexity index is 188. The molecule has 0 aromatic rings. The van der Waals surface area contributed by atoms with Gasteiger partial charge in [0, 0.05) is 17.1 Å². The lowest BCUT2D eigenvalue weighted by atomic mass is 9.77. The molecular formula is C12H26N2. The normalized spacial score (nSPS) is 28.3. The van der Waals surface area contributed by atoms with Crippen LogP contribution in [0.2, 0.25) is 0 Å². The average Bonchev–Trinajstić information content (AvgIpc) is 1.98. The van der Waals surface area contributed by atoms with Gasteiger partial charge in [0.05, 0.1) is 0 Å². The summed E-state index contributed by atoms with van der Waals surface area (Å²) in [7, 11) is 6.65. The van der Waals surface area contributed by atoms with E-state index in [0.29, 0.717) is 11.1 Å². The van der Waals surface area contributed by atoms with Crippen LogP contribution in [0.4, 0.5) is 0 Å². The summed E-state index contributed by atoms with van der Waals surface area (Å²) in [6.45, 7) is 9.41. The van der Waals surface area contributed by atoms with Crippen molar-refractivity contribution in [1.29, 1.82) is 0 Å². The van der Waals surface area contributed by atoms with Gasteiger partial charge in [-0.25, -0.2) is 0 Å². The second-order valence-electron chi connectivity index (χ2n) is 6.21. The molecule has 0 unspecified atom stereocenters. The van der Waals surface area contributed by atoms with Crippen molar-refractivity contribution in [3.8, 4) is 0 Å². The lowest BCUT2D eigenvalue weighted by molar-refractivity contribution is -0.0379. The van der Waals surface area contributed by atoms with Crippen molar-refractivity contribution in [1.82, 2.24) is 9.80 Å². The molecule has 0 aromatic heterocycles. The van der Waals surface area contributed by atoms with Crippen molar-refractivity contribution in [2.75, 3.05) is 21.1 Å². The fourth-order valence-corrected chi connectivity index (χ4v) is 2.68. The molecule has 1 aliphatic heterocycles. The highest BCUT2D eigenvalue weighted by molar-refractivity contribution is 5.00. The van der Waals surface area contributed by atoms with Crippen LogP contribution < -0.4 is 0 Å². The highest BCUT2D eigenvalue weighted by Gasteiger charge is 2.43. The van der Waals surface area contributed by atoms with Crippen LogP contribution in [0.25, 0.3) is 0 Å². The maximum atomic E-state index is 2.53. The van der Waals surface area contributed by atoms with E-state index in [0.717, 1.165) is 6.04 Å². The predicted molar refractivity (Wildman–Crippen MR) is 62.6 cm³/mol. The molecule has 84 valence electrons. The minimum absolute atomic E-state index is 0.316. The Kier molecular flexibility index (Phi) is 2.99. The smallest absolute Gasteiger partial charge is 0.0170 e. The van der Waals surface area contributed by atoms with Crippen LogP contribution in [-0.2, 0) is 0 Å². The summed E-state index contributed by atoms with van der Waals surface area (Å²) in [6.07, 6.45) is 2.53. The zero-order valence-electron chi connectivity index (χ0n) is 10.9. The summed E-state index contributed by atoms with van der Waals surface area (Å²) >= 11 is 0. The van der Waals surface area contributed by atoms with Crippen molar-refractivity contribution in [2.24, 2.45) is 0 Å². The zero-order chi connectivity index (χ0) is 11.1. The van der Waals surface area contributed by atoms with Crippen LogP contribution in [0.1, 0.15) is 40.5 Å². The first-order valence-corrected chi connectivity index (χ1v) is 5.57. The van der Waals surface area contributed by atoms with Crippen LogP contribution in [-0.4, -0.2) is 48.1 Å². The van der Waals surface area contributed by atoms with Gasteiger partial charge >= 0.3 is 0 Å². The molecule has 14 heavy (non-hydrogen) atoms. The number of nitrogens with zero attached hydrogens (tertiary/aromatic N) is 2. The maximum absolute atomic E-state index is 2.53. The van der Waals surface area contributed by atoms with Gasteiger partial charge in [-0.1, -0.05) is 0 Å². The molecule has 1 heterocycles. The molecule has 1 rings (SSSR count). The van der Waals surface area contributed by atoms with E-state index in [1.807, 2.05) is 0 Å². The molecule has 0 saturated carbocycles. The molecule has 1 saturated heterocycles. The Morgan fingerprint density at radius 3 is 1.64 bits per heavy atom. The van der Waals surface area contributed by atoms with Gasteiger partial charge in [-0.15, -0.1) is 0 Å². The molecule has 0 aromatic carbocycles. The van der Waals surface area contributed by atoms with E-state index < -0.39 is 0 Å². The van der Waals surface area contributed by atoms with Gasteiger partial charge in [0.25, 0.3) is 0 Å². The Balaban J connectivity index is 2.86. The molecule has 0 spiro atoms. The van der Waals surface area contributed by atoms with E-state index in [4.69, 9.17) is 0 Å². The molecule has 0 aliphatic carbocycles. The van der Waals surface area contributed by atoms with Crippen molar-refractivity contribution in [2.45, 2.75) is 57.7 Å². The second-order valence-corrected chi connectivity index (χ2v) is 6.21. The summed E-state index contributed by atoms with van der Waals surface area (Å²) in [4.78, 5) is 4.90. The highest BCUT2D eigenvalue weighted by Crippen LogP contribution is 2.38. The topological polar surface area (TPSA) is 6.48 Å². The molecular weight excluding hydrogens is 172 g/mol. The third-order valence-corrected chi connectivity index (χ3v) is 4.02.